The summed E-state index contributed by atoms with van der Waals surface area (Å²) in [5.41, 5.74) is 0.460. The minimum Gasteiger partial charge on any atom is -0.490 e. The number of fused-ring (bicyclic) bond motifs is 1. The number of carbonyl (C=O) groups is 3. The molecule has 10 nitrogen and oxygen atoms in total. The number of urea groups is 1. The van der Waals surface area contributed by atoms with Crippen molar-refractivity contribution in [3.63, 3.8) is 0 Å². The van der Waals surface area contributed by atoms with Gasteiger partial charge in [0.2, 0.25) is 0 Å². The molecule has 0 saturated heterocycles. The average Bonchev–Trinajstić information content (AvgIpc) is 3.09. The molecule has 0 radical (unpaired) electrons. The van der Waals surface area contributed by atoms with Crippen molar-refractivity contribution < 1.29 is 42.1 Å². The van der Waals surface area contributed by atoms with Gasteiger partial charge in [-0.25, -0.2) is 4.79 Å². The molecule has 270 valence electrons. The second-order valence-corrected chi connectivity index (χ2v) is 12.7. The van der Waals surface area contributed by atoms with Crippen LogP contribution in [-0.4, -0.2) is 84.4 Å². The predicted molar refractivity (Wildman–Crippen MR) is 184 cm³/mol. The van der Waals surface area contributed by atoms with E-state index in [0.29, 0.717) is 36.4 Å². The average molecular weight is 699 g/mol. The molecule has 3 N–H and O–H groups in total. The molecule has 0 spiro atoms. The van der Waals surface area contributed by atoms with Crippen molar-refractivity contribution in [2.75, 3.05) is 44.0 Å². The summed E-state index contributed by atoms with van der Waals surface area (Å²) < 4.78 is 51.5. The van der Waals surface area contributed by atoms with E-state index in [4.69, 9.17) is 9.47 Å². The largest absolute Gasteiger partial charge is 0.490 e. The number of nitrogens with zero attached hydrogens (tertiary/aromatic N) is 2. The number of rotatable bonds is 7. The SMILES string of the molecule is C[C@@H]1CCCCO[C@@H](CN(C)C(=O)Nc2ccc(C(F)(F)F)cc2)[C@@H](C)CN([C@H](C)CO)C(=O)c2cc(NC(=O)c3ccccc3)ccc2O1. The molecule has 0 unspecified atom stereocenters. The number of aliphatic hydroxyl groups is 1. The number of benzene rings is 3. The van der Waals surface area contributed by atoms with E-state index >= 15 is 0 Å². The van der Waals surface area contributed by atoms with Crippen LogP contribution in [0.3, 0.4) is 0 Å². The first-order valence-electron chi connectivity index (χ1n) is 16.7. The number of anilines is 2. The molecule has 4 rings (SSSR count). The number of halogens is 3. The Morgan fingerprint density at radius 1 is 1.00 bits per heavy atom. The van der Waals surface area contributed by atoms with E-state index in [1.165, 1.54) is 21.9 Å². The number of amides is 4. The van der Waals surface area contributed by atoms with Crippen molar-refractivity contribution >= 4 is 29.2 Å². The highest BCUT2D eigenvalue weighted by Gasteiger charge is 2.32. The van der Waals surface area contributed by atoms with Crippen LogP contribution in [0.1, 0.15) is 66.3 Å². The molecule has 1 aliphatic rings. The second kappa shape index (κ2) is 17.3. The Morgan fingerprint density at radius 3 is 2.34 bits per heavy atom. The number of nitrogens with one attached hydrogen (secondary N) is 2. The van der Waals surface area contributed by atoms with Gasteiger partial charge >= 0.3 is 12.2 Å². The lowest BCUT2D eigenvalue weighted by Crippen LogP contribution is -2.48. The third kappa shape index (κ3) is 10.4. The van der Waals surface area contributed by atoms with E-state index in [9.17, 15) is 32.7 Å². The highest BCUT2D eigenvalue weighted by atomic mass is 19.4. The van der Waals surface area contributed by atoms with E-state index in [2.05, 4.69) is 10.6 Å². The Hall–Kier alpha value is -4.62. The zero-order chi connectivity index (χ0) is 36.4. The molecule has 4 atom stereocenters. The zero-order valence-corrected chi connectivity index (χ0v) is 28.7. The molecule has 3 aromatic carbocycles. The van der Waals surface area contributed by atoms with E-state index in [-0.39, 0.29) is 48.9 Å². The van der Waals surface area contributed by atoms with Crippen LogP contribution in [0.4, 0.5) is 29.3 Å². The van der Waals surface area contributed by atoms with Gasteiger partial charge in [-0.05, 0) is 87.7 Å². The van der Waals surface area contributed by atoms with Crippen LogP contribution in [0, 0.1) is 5.92 Å². The van der Waals surface area contributed by atoms with Crippen molar-refractivity contribution in [2.45, 2.75) is 64.5 Å². The third-order valence-electron chi connectivity index (χ3n) is 8.61. The van der Waals surface area contributed by atoms with E-state index in [1.54, 1.807) is 56.4 Å². The molecule has 4 amide bonds. The molecule has 1 heterocycles. The van der Waals surface area contributed by atoms with Gasteiger partial charge in [-0.15, -0.1) is 0 Å². The van der Waals surface area contributed by atoms with Gasteiger partial charge in [0.05, 0.1) is 36.0 Å². The first-order chi connectivity index (χ1) is 23.8. The summed E-state index contributed by atoms with van der Waals surface area (Å²) in [7, 11) is 1.56. The van der Waals surface area contributed by atoms with Gasteiger partial charge in [0.1, 0.15) is 5.75 Å². The number of carbonyl (C=O) groups excluding carboxylic acids is 3. The Morgan fingerprint density at radius 2 is 1.68 bits per heavy atom. The monoisotopic (exact) mass is 698 g/mol. The normalized spacial score (nSPS) is 19.7. The van der Waals surface area contributed by atoms with Crippen LogP contribution in [0.2, 0.25) is 0 Å². The minimum atomic E-state index is -4.49. The number of ether oxygens (including phenoxy) is 2. The quantitative estimate of drug-likeness (QED) is 0.247. The lowest BCUT2D eigenvalue weighted by Gasteiger charge is -2.35. The topological polar surface area (TPSA) is 120 Å². The maximum absolute atomic E-state index is 14.3. The number of hydrogen-bond acceptors (Lipinski definition) is 6. The van der Waals surface area contributed by atoms with Crippen LogP contribution < -0.4 is 15.4 Å². The lowest BCUT2D eigenvalue weighted by atomic mass is 10.0. The van der Waals surface area contributed by atoms with Gasteiger partial charge in [-0.3, -0.25) is 9.59 Å². The van der Waals surface area contributed by atoms with Crippen LogP contribution >= 0.6 is 0 Å². The van der Waals surface area contributed by atoms with Gasteiger partial charge in [-0.1, -0.05) is 25.1 Å². The first kappa shape index (κ1) is 38.2. The molecule has 0 bridgehead atoms. The minimum absolute atomic E-state index is 0.120. The van der Waals surface area contributed by atoms with Crippen LogP contribution in [-0.2, 0) is 10.9 Å². The van der Waals surface area contributed by atoms with E-state index in [0.717, 1.165) is 18.6 Å². The van der Waals surface area contributed by atoms with Crippen molar-refractivity contribution in [1.29, 1.82) is 0 Å². The molecule has 1 aliphatic heterocycles. The van der Waals surface area contributed by atoms with Gasteiger partial charge in [-0.2, -0.15) is 13.2 Å². The molecule has 50 heavy (non-hydrogen) atoms. The van der Waals surface area contributed by atoms with Gasteiger partial charge in [0.15, 0.2) is 0 Å². The number of hydrogen-bond donors (Lipinski definition) is 3. The molecule has 0 fully saturated rings. The Kier molecular flexibility index (Phi) is 13.3. The summed E-state index contributed by atoms with van der Waals surface area (Å²) in [6, 6.07) is 16.6. The lowest BCUT2D eigenvalue weighted by molar-refractivity contribution is -0.137. The molecule has 3 aromatic rings. The van der Waals surface area contributed by atoms with Crippen molar-refractivity contribution in [3.8, 4) is 5.75 Å². The summed E-state index contributed by atoms with van der Waals surface area (Å²) in [5, 5.41) is 15.7. The fourth-order valence-electron chi connectivity index (χ4n) is 5.57. The molecular weight excluding hydrogens is 653 g/mol. The summed E-state index contributed by atoms with van der Waals surface area (Å²) in [4.78, 5) is 43.2. The van der Waals surface area contributed by atoms with Crippen LogP contribution in [0.15, 0.2) is 72.8 Å². The number of alkyl halides is 3. The van der Waals surface area contributed by atoms with E-state index in [1.807, 2.05) is 19.9 Å². The summed E-state index contributed by atoms with van der Waals surface area (Å²) in [6.07, 6.45) is -3.11. The van der Waals surface area contributed by atoms with Crippen molar-refractivity contribution in [1.82, 2.24) is 9.80 Å². The zero-order valence-electron chi connectivity index (χ0n) is 28.7. The van der Waals surface area contributed by atoms with Gasteiger partial charge in [0, 0.05) is 49.6 Å². The second-order valence-electron chi connectivity index (χ2n) is 12.7. The maximum Gasteiger partial charge on any atom is 0.416 e. The molecule has 13 heteroatoms. The van der Waals surface area contributed by atoms with Crippen LogP contribution in [0.5, 0.6) is 5.75 Å². The molecule has 0 saturated carbocycles. The smallest absolute Gasteiger partial charge is 0.416 e. The Labute approximate surface area is 290 Å². The number of aliphatic hydroxyl groups excluding tert-OH is 1. The van der Waals surface area contributed by atoms with E-state index < -0.39 is 35.8 Å². The fraction of sp³-hybridized carbons (Fsp3) is 0.432. The predicted octanol–water partition coefficient (Wildman–Crippen LogP) is 6.92. The van der Waals surface area contributed by atoms with Crippen molar-refractivity contribution in [2.24, 2.45) is 5.92 Å². The van der Waals surface area contributed by atoms with Crippen LogP contribution in [0.25, 0.3) is 0 Å². The Bertz CT molecular complexity index is 1590. The third-order valence-corrected chi connectivity index (χ3v) is 8.61. The summed E-state index contributed by atoms with van der Waals surface area (Å²) >= 11 is 0. The summed E-state index contributed by atoms with van der Waals surface area (Å²) in [6.45, 7) is 5.85. The molecule has 0 aromatic heterocycles. The number of likely N-dealkylation sites (N-methyl/N-ethyl adjacent to an activating group) is 1. The molecular formula is C37H45F3N4O6. The van der Waals surface area contributed by atoms with Gasteiger partial charge < -0.3 is 35.0 Å². The Balaban J connectivity index is 1.57. The highest BCUT2D eigenvalue weighted by molar-refractivity contribution is 6.05. The van der Waals surface area contributed by atoms with Crippen molar-refractivity contribution in [3.05, 3.63) is 89.5 Å². The standard InChI is InChI=1S/C37H45F3N4O6/c1-24-21-44(25(2)23-45)35(47)31-20-30(41-34(46)27-11-6-5-7-12-27)17-18-32(31)50-26(3)10-8-9-19-49-33(24)22-43(4)36(48)42-29-15-13-28(14-16-29)37(38,39)40/h5-7,11-18,20,24-26,33,45H,8-10,19,21-23H2,1-4H3,(H,41,46)(H,42,48)/t24-,25+,26+,33-/m0/s1. The summed E-state index contributed by atoms with van der Waals surface area (Å²) in [5.74, 6) is -0.733. The maximum atomic E-state index is 14.3. The van der Waals surface area contributed by atoms with Gasteiger partial charge in [0.25, 0.3) is 11.8 Å². The first-order valence-corrected chi connectivity index (χ1v) is 16.7. The fourth-order valence-corrected chi connectivity index (χ4v) is 5.57. The highest BCUT2D eigenvalue weighted by Crippen LogP contribution is 2.31. The molecule has 0 aliphatic carbocycles.